The van der Waals surface area contributed by atoms with E-state index in [0.717, 1.165) is 5.92 Å². The molecule has 3 unspecified atom stereocenters. The van der Waals surface area contributed by atoms with Crippen LogP contribution in [0.1, 0.15) is 62.4 Å². The van der Waals surface area contributed by atoms with Crippen molar-refractivity contribution in [2.45, 2.75) is 64.5 Å². The van der Waals surface area contributed by atoms with E-state index in [9.17, 15) is 0 Å². The summed E-state index contributed by atoms with van der Waals surface area (Å²) in [7, 11) is 0. The summed E-state index contributed by atoms with van der Waals surface area (Å²) in [6.07, 6.45) is 8.04. The van der Waals surface area contributed by atoms with Crippen molar-refractivity contribution in [2.75, 3.05) is 19.6 Å². The Balaban J connectivity index is 1.58. The highest BCUT2D eigenvalue weighted by Gasteiger charge is 2.28. The first kappa shape index (κ1) is 15.5. The van der Waals surface area contributed by atoms with E-state index in [0.29, 0.717) is 12.1 Å². The molecule has 2 aliphatic rings. The molecule has 0 saturated carbocycles. The molecule has 118 valence electrons. The van der Waals surface area contributed by atoms with Gasteiger partial charge in [0, 0.05) is 23.5 Å². The van der Waals surface area contributed by atoms with Gasteiger partial charge in [-0.05, 0) is 81.5 Å². The fourth-order valence-corrected chi connectivity index (χ4v) is 5.12. The number of fused-ring (bicyclic) bond motifs is 1. The minimum atomic E-state index is 0.608. The van der Waals surface area contributed by atoms with Crippen LogP contribution in [0, 0.1) is 5.92 Å². The summed E-state index contributed by atoms with van der Waals surface area (Å²) in [5, 5.41) is 6.25. The van der Waals surface area contributed by atoms with Gasteiger partial charge in [-0.1, -0.05) is 6.92 Å². The molecule has 1 aliphatic heterocycles. The standard InChI is InChI=1S/C18H30N2S/c1-3-10-20-11-5-6-15(13-20)14(2)19-17-7-4-8-18-16(17)9-12-21-18/h9,12,14-15,17,19H,3-8,10-11,13H2,1-2H3. The topological polar surface area (TPSA) is 15.3 Å². The van der Waals surface area contributed by atoms with Gasteiger partial charge >= 0.3 is 0 Å². The van der Waals surface area contributed by atoms with Crippen molar-refractivity contribution in [3.63, 3.8) is 0 Å². The van der Waals surface area contributed by atoms with E-state index in [2.05, 4.69) is 35.5 Å². The predicted octanol–water partition coefficient (Wildman–Crippen LogP) is 4.23. The lowest BCUT2D eigenvalue weighted by molar-refractivity contribution is 0.145. The molecular formula is C18H30N2S. The van der Waals surface area contributed by atoms with Gasteiger partial charge in [0.05, 0.1) is 0 Å². The molecule has 1 aromatic rings. The van der Waals surface area contributed by atoms with Crippen LogP contribution in [0.5, 0.6) is 0 Å². The van der Waals surface area contributed by atoms with E-state index in [1.807, 2.05) is 11.3 Å². The Hall–Kier alpha value is -0.380. The van der Waals surface area contributed by atoms with Crippen LogP contribution in [0.15, 0.2) is 11.4 Å². The maximum Gasteiger partial charge on any atom is 0.0333 e. The van der Waals surface area contributed by atoms with Crippen molar-refractivity contribution in [2.24, 2.45) is 5.92 Å². The first-order valence-corrected chi connectivity index (χ1v) is 9.70. The fraction of sp³-hybridized carbons (Fsp3) is 0.778. The highest BCUT2D eigenvalue weighted by Crippen LogP contribution is 2.34. The summed E-state index contributed by atoms with van der Waals surface area (Å²) in [5.74, 6) is 0.828. The third-order valence-corrected chi connectivity index (χ3v) is 6.30. The van der Waals surface area contributed by atoms with Gasteiger partial charge in [-0.3, -0.25) is 0 Å². The second-order valence-electron chi connectivity index (χ2n) is 6.90. The highest BCUT2D eigenvalue weighted by atomic mass is 32.1. The van der Waals surface area contributed by atoms with E-state index in [1.165, 1.54) is 58.2 Å². The monoisotopic (exact) mass is 306 g/mol. The number of nitrogens with one attached hydrogen (secondary N) is 1. The number of rotatable bonds is 5. The molecule has 2 heterocycles. The van der Waals surface area contributed by atoms with Gasteiger partial charge in [0.15, 0.2) is 0 Å². The second kappa shape index (κ2) is 7.26. The van der Waals surface area contributed by atoms with Crippen LogP contribution in [0.3, 0.4) is 0 Å². The summed E-state index contributed by atoms with van der Waals surface area (Å²) < 4.78 is 0. The van der Waals surface area contributed by atoms with E-state index in [1.54, 1.807) is 10.4 Å². The van der Waals surface area contributed by atoms with Gasteiger partial charge in [0.25, 0.3) is 0 Å². The van der Waals surface area contributed by atoms with E-state index in [-0.39, 0.29) is 0 Å². The smallest absolute Gasteiger partial charge is 0.0333 e. The van der Waals surface area contributed by atoms with E-state index >= 15 is 0 Å². The molecule has 1 saturated heterocycles. The molecule has 3 heteroatoms. The number of hydrogen-bond donors (Lipinski definition) is 1. The van der Waals surface area contributed by atoms with Crippen LogP contribution in [-0.2, 0) is 6.42 Å². The zero-order valence-electron chi connectivity index (χ0n) is 13.6. The third-order valence-electron chi connectivity index (χ3n) is 5.30. The van der Waals surface area contributed by atoms with Gasteiger partial charge < -0.3 is 10.2 Å². The SMILES string of the molecule is CCCN1CCCC(C(C)NC2CCCc3sccc32)C1. The summed E-state index contributed by atoms with van der Waals surface area (Å²) in [6, 6.07) is 3.60. The zero-order chi connectivity index (χ0) is 14.7. The molecule has 1 N–H and O–H groups in total. The molecule has 0 radical (unpaired) electrons. The van der Waals surface area contributed by atoms with Crippen molar-refractivity contribution < 1.29 is 0 Å². The minimum absolute atomic E-state index is 0.608. The number of likely N-dealkylation sites (tertiary alicyclic amines) is 1. The van der Waals surface area contributed by atoms with Crippen LogP contribution in [0.4, 0.5) is 0 Å². The van der Waals surface area contributed by atoms with Crippen molar-refractivity contribution in [3.05, 3.63) is 21.9 Å². The van der Waals surface area contributed by atoms with Crippen LogP contribution < -0.4 is 5.32 Å². The Morgan fingerprint density at radius 2 is 2.29 bits per heavy atom. The molecule has 0 amide bonds. The average molecular weight is 307 g/mol. The van der Waals surface area contributed by atoms with Crippen LogP contribution in [-0.4, -0.2) is 30.6 Å². The molecule has 21 heavy (non-hydrogen) atoms. The molecule has 2 nitrogen and oxygen atoms in total. The molecule has 0 bridgehead atoms. The first-order chi connectivity index (χ1) is 10.3. The van der Waals surface area contributed by atoms with Crippen LogP contribution >= 0.6 is 11.3 Å². The molecule has 1 fully saturated rings. The molecular weight excluding hydrogens is 276 g/mol. The molecule has 3 rings (SSSR count). The first-order valence-electron chi connectivity index (χ1n) is 8.82. The van der Waals surface area contributed by atoms with E-state index in [4.69, 9.17) is 0 Å². The maximum absolute atomic E-state index is 3.97. The molecule has 1 aromatic heterocycles. The summed E-state index contributed by atoms with van der Waals surface area (Å²) in [4.78, 5) is 4.30. The van der Waals surface area contributed by atoms with Gasteiger partial charge in [0.2, 0.25) is 0 Å². The van der Waals surface area contributed by atoms with Crippen LogP contribution in [0.2, 0.25) is 0 Å². The van der Waals surface area contributed by atoms with E-state index < -0.39 is 0 Å². The summed E-state index contributed by atoms with van der Waals surface area (Å²) in [6.45, 7) is 8.61. The molecule has 0 aromatic carbocycles. The van der Waals surface area contributed by atoms with Crippen molar-refractivity contribution in [3.8, 4) is 0 Å². The molecule has 0 spiro atoms. The van der Waals surface area contributed by atoms with Gasteiger partial charge in [-0.2, -0.15) is 0 Å². The lowest BCUT2D eigenvalue weighted by Gasteiger charge is -2.38. The van der Waals surface area contributed by atoms with Crippen molar-refractivity contribution in [1.82, 2.24) is 10.2 Å². The Kier molecular flexibility index (Phi) is 5.36. The number of thiophene rings is 1. The zero-order valence-corrected chi connectivity index (χ0v) is 14.4. The summed E-state index contributed by atoms with van der Waals surface area (Å²) in [5.41, 5.74) is 1.60. The van der Waals surface area contributed by atoms with Crippen molar-refractivity contribution >= 4 is 11.3 Å². The third kappa shape index (κ3) is 3.69. The predicted molar refractivity (Wildman–Crippen MR) is 92.1 cm³/mol. The lowest BCUT2D eigenvalue weighted by Crippen LogP contribution is -2.45. The van der Waals surface area contributed by atoms with Crippen molar-refractivity contribution in [1.29, 1.82) is 0 Å². The Morgan fingerprint density at radius 3 is 3.14 bits per heavy atom. The maximum atomic E-state index is 3.97. The highest BCUT2D eigenvalue weighted by molar-refractivity contribution is 7.10. The fourth-order valence-electron chi connectivity index (χ4n) is 4.13. The lowest BCUT2D eigenvalue weighted by atomic mass is 9.88. The molecule has 3 atom stereocenters. The normalized spacial score (nSPS) is 28.3. The average Bonchev–Trinajstić information content (AvgIpc) is 2.97. The summed E-state index contributed by atoms with van der Waals surface area (Å²) >= 11 is 1.95. The van der Waals surface area contributed by atoms with Gasteiger partial charge in [-0.25, -0.2) is 0 Å². The Morgan fingerprint density at radius 1 is 1.38 bits per heavy atom. The number of nitrogens with zero attached hydrogens (tertiary/aromatic N) is 1. The minimum Gasteiger partial charge on any atom is -0.307 e. The van der Waals surface area contributed by atoms with Crippen LogP contribution in [0.25, 0.3) is 0 Å². The number of hydrogen-bond acceptors (Lipinski definition) is 3. The quantitative estimate of drug-likeness (QED) is 0.876. The number of piperidine rings is 1. The van der Waals surface area contributed by atoms with Gasteiger partial charge in [0.1, 0.15) is 0 Å². The second-order valence-corrected chi connectivity index (χ2v) is 7.90. The largest absolute Gasteiger partial charge is 0.307 e. The van der Waals surface area contributed by atoms with Gasteiger partial charge in [-0.15, -0.1) is 11.3 Å². The Labute approximate surface area is 133 Å². The molecule has 1 aliphatic carbocycles. The number of aryl methyl sites for hydroxylation is 1. The Bertz CT molecular complexity index is 440.